The van der Waals surface area contributed by atoms with E-state index in [4.69, 9.17) is 0 Å². The molecule has 60 valence electrons. The summed E-state index contributed by atoms with van der Waals surface area (Å²) in [6.07, 6.45) is 7.24. The van der Waals surface area contributed by atoms with Crippen LogP contribution in [0.25, 0.3) is 0 Å². The van der Waals surface area contributed by atoms with Gasteiger partial charge in [-0.15, -0.1) is 0 Å². The second-order valence-electron chi connectivity index (χ2n) is 4.06. The van der Waals surface area contributed by atoms with Gasteiger partial charge in [0.15, 0.2) is 0 Å². The number of hydrogen-bond donors (Lipinski definition) is 0. The molecule has 0 unspecified atom stereocenters. The summed E-state index contributed by atoms with van der Waals surface area (Å²) in [7, 11) is 0. The average molecular weight is 140 g/mol. The minimum atomic E-state index is 0.749. The Hall–Kier alpha value is 0. The molecule has 0 heteroatoms. The van der Waals surface area contributed by atoms with Gasteiger partial charge in [-0.25, -0.2) is 0 Å². The molecule has 0 N–H and O–H groups in total. The van der Waals surface area contributed by atoms with E-state index in [1.807, 2.05) is 0 Å². The summed E-state index contributed by atoms with van der Waals surface area (Å²) in [5.74, 6) is 1.000. The van der Waals surface area contributed by atoms with Gasteiger partial charge in [-0.2, -0.15) is 0 Å². The molecule has 0 amide bonds. The van der Waals surface area contributed by atoms with Crippen LogP contribution in [0.3, 0.4) is 0 Å². The second-order valence-corrected chi connectivity index (χ2v) is 4.06. The molecule has 1 fully saturated rings. The fourth-order valence-electron chi connectivity index (χ4n) is 2.39. The molecule has 1 saturated carbocycles. The average Bonchev–Trinajstić information content (AvgIpc) is 2.33. The molecule has 0 aromatic carbocycles. The van der Waals surface area contributed by atoms with Gasteiger partial charge in [0.1, 0.15) is 0 Å². The quantitative estimate of drug-likeness (QED) is 0.549. The van der Waals surface area contributed by atoms with E-state index in [9.17, 15) is 0 Å². The standard InChI is InChI=1S/C10H20/c1-4-10(5-2)7-6-9(3)8-10/h9H,4-8H2,1-3H3/t9-/m1/s1. The fourth-order valence-corrected chi connectivity index (χ4v) is 2.39. The van der Waals surface area contributed by atoms with Gasteiger partial charge >= 0.3 is 0 Å². The summed E-state index contributed by atoms with van der Waals surface area (Å²) in [6, 6.07) is 0. The lowest BCUT2D eigenvalue weighted by molar-refractivity contribution is 0.263. The van der Waals surface area contributed by atoms with E-state index in [2.05, 4.69) is 20.8 Å². The lowest BCUT2D eigenvalue weighted by Gasteiger charge is -2.25. The Morgan fingerprint density at radius 2 is 1.90 bits per heavy atom. The van der Waals surface area contributed by atoms with Crippen LogP contribution >= 0.6 is 0 Å². The minimum absolute atomic E-state index is 0.749. The zero-order valence-corrected chi connectivity index (χ0v) is 7.61. The van der Waals surface area contributed by atoms with E-state index in [-0.39, 0.29) is 0 Å². The van der Waals surface area contributed by atoms with Crippen LogP contribution in [0.5, 0.6) is 0 Å². The third-order valence-electron chi connectivity index (χ3n) is 3.45. The Bertz CT molecular complexity index is 101. The van der Waals surface area contributed by atoms with Crippen molar-refractivity contribution in [2.75, 3.05) is 0 Å². The van der Waals surface area contributed by atoms with Crippen LogP contribution in [-0.4, -0.2) is 0 Å². The Morgan fingerprint density at radius 1 is 1.30 bits per heavy atom. The summed E-state index contributed by atoms with van der Waals surface area (Å²) < 4.78 is 0. The van der Waals surface area contributed by atoms with Gasteiger partial charge in [-0.05, 0) is 24.2 Å². The molecule has 0 aromatic rings. The molecule has 1 aliphatic carbocycles. The Morgan fingerprint density at radius 3 is 2.10 bits per heavy atom. The summed E-state index contributed by atoms with van der Waals surface area (Å²) in [5.41, 5.74) is 0.749. The van der Waals surface area contributed by atoms with Crippen molar-refractivity contribution in [2.24, 2.45) is 11.3 Å². The second kappa shape index (κ2) is 2.94. The Labute approximate surface area is 65.0 Å². The molecular weight excluding hydrogens is 120 g/mol. The van der Waals surface area contributed by atoms with Gasteiger partial charge in [0.25, 0.3) is 0 Å². The molecule has 0 saturated heterocycles. The molecule has 0 bridgehead atoms. The minimum Gasteiger partial charge on any atom is -0.0649 e. The van der Waals surface area contributed by atoms with Crippen molar-refractivity contribution in [3.63, 3.8) is 0 Å². The summed E-state index contributed by atoms with van der Waals surface area (Å²) in [4.78, 5) is 0. The van der Waals surface area contributed by atoms with Crippen LogP contribution in [-0.2, 0) is 0 Å². The zero-order valence-electron chi connectivity index (χ0n) is 7.61. The highest BCUT2D eigenvalue weighted by Crippen LogP contribution is 2.46. The number of rotatable bonds is 2. The fraction of sp³-hybridized carbons (Fsp3) is 1.00. The topological polar surface area (TPSA) is 0 Å². The Kier molecular flexibility index (Phi) is 2.38. The van der Waals surface area contributed by atoms with Crippen molar-refractivity contribution < 1.29 is 0 Å². The molecule has 0 heterocycles. The highest BCUT2D eigenvalue weighted by atomic mass is 14.4. The van der Waals surface area contributed by atoms with Crippen LogP contribution in [0.1, 0.15) is 52.9 Å². The summed E-state index contributed by atoms with van der Waals surface area (Å²) in [6.45, 7) is 7.09. The molecule has 0 spiro atoms. The van der Waals surface area contributed by atoms with Gasteiger partial charge in [0.2, 0.25) is 0 Å². The maximum absolute atomic E-state index is 2.40. The van der Waals surface area contributed by atoms with Gasteiger partial charge in [0.05, 0.1) is 0 Å². The molecule has 1 atom stereocenters. The molecule has 0 radical (unpaired) electrons. The molecule has 1 rings (SSSR count). The molecule has 0 nitrogen and oxygen atoms in total. The largest absolute Gasteiger partial charge is 0.0649 e. The first-order valence-electron chi connectivity index (χ1n) is 4.72. The van der Waals surface area contributed by atoms with E-state index in [1.54, 1.807) is 0 Å². The van der Waals surface area contributed by atoms with E-state index in [0.29, 0.717) is 0 Å². The monoisotopic (exact) mass is 140 g/mol. The number of hydrogen-bond acceptors (Lipinski definition) is 0. The van der Waals surface area contributed by atoms with E-state index >= 15 is 0 Å². The summed E-state index contributed by atoms with van der Waals surface area (Å²) in [5, 5.41) is 0. The molecule has 0 aliphatic heterocycles. The highest BCUT2D eigenvalue weighted by molar-refractivity contribution is 4.85. The zero-order chi connectivity index (χ0) is 7.61. The first-order valence-corrected chi connectivity index (χ1v) is 4.72. The van der Waals surface area contributed by atoms with Crippen LogP contribution < -0.4 is 0 Å². The van der Waals surface area contributed by atoms with Gasteiger partial charge in [-0.1, -0.05) is 40.0 Å². The molecular formula is C10H20. The summed E-state index contributed by atoms with van der Waals surface area (Å²) >= 11 is 0. The maximum atomic E-state index is 2.40. The van der Waals surface area contributed by atoms with E-state index in [0.717, 1.165) is 11.3 Å². The van der Waals surface area contributed by atoms with Crippen LogP contribution in [0, 0.1) is 11.3 Å². The van der Waals surface area contributed by atoms with Gasteiger partial charge in [-0.3, -0.25) is 0 Å². The van der Waals surface area contributed by atoms with Crippen LogP contribution in [0.2, 0.25) is 0 Å². The van der Waals surface area contributed by atoms with Crippen molar-refractivity contribution in [1.29, 1.82) is 0 Å². The lowest BCUT2D eigenvalue weighted by Crippen LogP contribution is -2.13. The molecule has 1 aliphatic rings. The third-order valence-corrected chi connectivity index (χ3v) is 3.45. The third kappa shape index (κ3) is 1.36. The predicted molar refractivity (Wildman–Crippen MR) is 46.0 cm³/mol. The van der Waals surface area contributed by atoms with E-state index in [1.165, 1.54) is 32.1 Å². The van der Waals surface area contributed by atoms with Crippen molar-refractivity contribution in [2.45, 2.75) is 52.9 Å². The van der Waals surface area contributed by atoms with Crippen molar-refractivity contribution in [1.82, 2.24) is 0 Å². The maximum Gasteiger partial charge on any atom is -0.0300 e. The van der Waals surface area contributed by atoms with Gasteiger partial charge in [0, 0.05) is 0 Å². The van der Waals surface area contributed by atoms with E-state index < -0.39 is 0 Å². The normalized spacial score (nSPS) is 30.9. The van der Waals surface area contributed by atoms with Crippen molar-refractivity contribution in [3.05, 3.63) is 0 Å². The van der Waals surface area contributed by atoms with Gasteiger partial charge < -0.3 is 0 Å². The van der Waals surface area contributed by atoms with Crippen molar-refractivity contribution >= 4 is 0 Å². The lowest BCUT2D eigenvalue weighted by atomic mass is 9.80. The SMILES string of the molecule is CCC1(CC)CC[C@@H](C)C1. The van der Waals surface area contributed by atoms with Crippen LogP contribution in [0.15, 0.2) is 0 Å². The highest BCUT2D eigenvalue weighted by Gasteiger charge is 2.33. The smallest absolute Gasteiger partial charge is 0.0300 e. The Balaban J connectivity index is 2.51. The van der Waals surface area contributed by atoms with Crippen LogP contribution in [0.4, 0.5) is 0 Å². The predicted octanol–water partition coefficient (Wildman–Crippen LogP) is 3.61. The first kappa shape index (κ1) is 8.10. The van der Waals surface area contributed by atoms with Crippen molar-refractivity contribution in [3.8, 4) is 0 Å². The molecule has 10 heavy (non-hydrogen) atoms. The first-order chi connectivity index (χ1) is 4.72. The molecule has 0 aromatic heterocycles.